The third kappa shape index (κ3) is 6.29. The van der Waals surface area contributed by atoms with Gasteiger partial charge in [0.1, 0.15) is 13.2 Å². The van der Waals surface area contributed by atoms with Crippen LogP contribution in [0, 0.1) is 23.7 Å². The van der Waals surface area contributed by atoms with Crippen LogP contribution in [0.3, 0.4) is 0 Å². The summed E-state index contributed by atoms with van der Waals surface area (Å²) < 4.78 is 21.2. The summed E-state index contributed by atoms with van der Waals surface area (Å²) in [5, 5.41) is 0. The largest absolute Gasteiger partial charge is 0.465 e. The van der Waals surface area contributed by atoms with Crippen molar-refractivity contribution < 1.29 is 38.1 Å². The zero-order valence-electron chi connectivity index (χ0n) is 17.4. The highest BCUT2D eigenvalue weighted by Gasteiger charge is 2.37. The topological polar surface area (TPSA) is 105 Å². The zero-order valence-corrected chi connectivity index (χ0v) is 17.4. The second kappa shape index (κ2) is 11.5. The molecular formula is C23H28O8. The molecule has 8 heteroatoms. The van der Waals surface area contributed by atoms with Gasteiger partial charge in [0.2, 0.25) is 0 Å². The first-order chi connectivity index (χ1) is 15.1. The number of allylic oxidation sites excluding steroid dienone is 4. The lowest BCUT2D eigenvalue weighted by Gasteiger charge is -2.25. The van der Waals surface area contributed by atoms with Crippen LogP contribution in [0.2, 0.25) is 0 Å². The quantitative estimate of drug-likeness (QED) is 0.326. The number of cyclic esters (lactones) is 4. The molecule has 0 saturated carbocycles. The molecule has 0 N–H and O–H groups in total. The average molecular weight is 432 g/mol. The first kappa shape index (κ1) is 22.8. The summed E-state index contributed by atoms with van der Waals surface area (Å²) in [5.74, 6) is -4.22. The van der Waals surface area contributed by atoms with E-state index in [0.29, 0.717) is 32.1 Å². The highest BCUT2D eigenvalue weighted by Crippen LogP contribution is 2.29. The van der Waals surface area contributed by atoms with Gasteiger partial charge in [-0.1, -0.05) is 24.3 Å². The van der Waals surface area contributed by atoms with Gasteiger partial charge in [0, 0.05) is 6.42 Å². The van der Waals surface area contributed by atoms with Gasteiger partial charge in [-0.25, -0.2) is 0 Å². The number of hydrogen-bond donors (Lipinski definition) is 0. The second-order valence-electron chi connectivity index (χ2n) is 7.73. The molecule has 0 saturated heterocycles. The summed E-state index contributed by atoms with van der Waals surface area (Å²) in [5.41, 5.74) is 0. The molecule has 8 nitrogen and oxygen atoms in total. The van der Waals surface area contributed by atoms with Crippen molar-refractivity contribution in [3.63, 3.8) is 0 Å². The Balaban J connectivity index is 1.66. The molecule has 0 aromatic carbocycles. The minimum Gasteiger partial charge on any atom is -0.465 e. The summed E-state index contributed by atoms with van der Waals surface area (Å²) in [6, 6.07) is 0. The number of rotatable bonds is 0. The fourth-order valence-electron chi connectivity index (χ4n) is 3.90. The Labute approximate surface area is 181 Å². The highest BCUT2D eigenvalue weighted by molar-refractivity contribution is 5.83. The number of ether oxygens (including phenoxy) is 4. The van der Waals surface area contributed by atoms with E-state index in [2.05, 4.69) is 0 Å². The molecule has 3 rings (SSSR count). The van der Waals surface area contributed by atoms with Crippen molar-refractivity contribution in [3.05, 3.63) is 36.5 Å². The molecule has 0 spiro atoms. The maximum Gasteiger partial charge on any atom is 0.310 e. The van der Waals surface area contributed by atoms with Gasteiger partial charge >= 0.3 is 23.9 Å². The van der Waals surface area contributed by atoms with Crippen LogP contribution in [0.4, 0.5) is 0 Å². The van der Waals surface area contributed by atoms with Gasteiger partial charge in [-0.05, 0) is 37.8 Å². The van der Waals surface area contributed by atoms with E-state index in [1.165, 1.54) is 0 Å². The fraction of sp³-hybridized carbons (Fsp3) is 0.565. The van der Waals surface area contributed by atoms with Crippen molar-refractivity contribution in [2.45, 2.75) is 32.1 Å². The van der Waals surface area contributed by atoms with Crippen LogP contribution in [0.25, 0.3) is 0 Å². The van der Waals surface area contributed by atoms with Crippen LogP contribution in [-0.4, -0.2) is 50.3 Å². The molecular weight excluding hydrogens is 404 g/mol. The van der Waals surface area contributed by atoms with Gasteiger partial charge in [-0.15, -0.1) is 0 Å². The fourth-order valence-corrected chi connectivity index (χ4v) is 3.90. The summed E-state index contributed by atoms with van der Waals surface area (Å²) >= 11 is 0. The number of carbonyl (C=O) groups is 4. The van der Waals surface area contributed by atoms with Crippen molar-refractivity contribution in [1.29, 1.82) is 0 Å². The van der Waals surface area contributed by atoms with E-state index in [0.717, 1.165) is 0 Å². The van der Waals surface area contributed by atoms with Crippen molar-refractivity contribution in [1.82, 2.24) is 0 Å². The maximum atomic E-state index is 12.5. The van der Waals surface area contributed by atoms with Crippen LogP contribution >= 0.6 is 0 Å². The molecule has 4 atom stereocenters. The molecule has 168 valence electrons. The van der Waals surface area contributed by atoms with Gasteiger partial charge in [-0.2, -0.15) is 0 Å². The lowest BCUT2D eigenvalue weighted by Crippen LogP contribution is -2.34. The molecule has 0 aromatic rings. The smallest absolute Gasteiger partial charge is 0.310 e. The summed E-state index contributed by atoms with van der Waals surface area (Å²) in [6.07, 6.45) is 12.6. The van der Waals surface area contributed by atoms with Crippen LogP contribution in [0.1, 0.15) is 32.1 Å². The summed E-state index contributed by atoms with van der Waals surface area (Å²) in [6.45, 7) is 0.179. The van der Waals surface area contributed by atoms with Crippen molar-refractivity contribution in [2.75, 3.05) is 26.4 Å². The average Bonchev–Trinajstić information content (AvgIpc) is 2.80. The Hall–Kier alpha value is -2.90. The van der Waals surface area contributed by atoms with Crippen LogP contribution in [0.5, 0.6) is 0 Å². The molecule has 1 heterocycles. The lowest BCUT2D eigenvalue weighted by molar-refractivity contribution is -0.162. The maximum absolute atomic E-state index is 12.5. The number of carbonyl (C=O) groups excluding carboxylic acids is 4. The van der Waals surface area contributed by atoms with Gasteiger partial charge < -0.3 is 18.9 Å². The van der Waals surface area contributed by atoms with Crippen LogP contribution in [-0.2, 0) is 38.1 Å². The predicted molar refractivity (Wildman–Crippen MR) is 108 cm³/mol. The van der Waals surface area contributed by atoms with Gasteiger partial charge in [0.25, 0.3) is 0 Å². The predicted octanol–water partition coefficient (Wildman–Crippen LogP) is 2.28. The molecule has 0 radical (unpaired) electrons. The molecule has 0 unspecified atom stereocenters. The second-order valence-corrected chi connectivity index (χ2v) is 7.73. The Morgan fingerprint density at radius 2 is 0.806 bits per heavy atom. The third-order valence-corrected chi connectivity index (χ3v) is 5.66. The van der Waals surface area contributed by atoms with Crippen molar-refractivity contribution in [2.24, 2.45) is 23.7 Å². The van der Waals surface area contributed by atoms with Crippen molar-refractivity contribution >= 4 is 23.9 Å². The molecule has 0 bridgehead atoms. The third-order valence-electron chi connectivity index (χ3n) is 5.66. The van der Waals surface area contributed by atoms with Crippen LogP contribution < -0.4 is 0 Å². The molecule has 1 aliphatic heterocycles. The monoisotopic (exact) mass is 432 g/mol. The van der Waals surface area contributed by atoms with E-state index in [1.54, 1.807) is 12.2 Å². The van der Waals surface area contributed by atoms with Gasteiger partial charge in [-0.3, -0.25) is 19.2 Å². The first-order valence-electron chi connectivity index (χ1n) is 10.7. The first-order valence-corrected chi connectivity index (χ1v) is 10.7. The SMILES string of the molecule is O=C1OC/C=C/COC(=O)[C@H]2CC=CC[C@H]2C(=O)OCCCOC(=O)[C@@H]2CC=CC[C@H]12. The van der Waals surface area contributed by atoms with E-state index >= 15 is 0 Å². The number of fused-ring (bicyclic) bond motifs is 2. The van der Waals surface area contributed by atoms with E-state index < -0.39 is 47.5 Å². The van der Waals surface area contributed by atoms with Gasteiger partial charge in [0.05, 0.1) is 36.9 Å². The van der Waals surface area contributed by atoms with E-state index in [4.69, 9.17) is 18.9 Å². The molecule has 0 amide bonds. The Morgan fingerprint density at radius 1 is 0.484 bits per heavy atom. The normalized spacial score (nSPS) is 32.0. The Kier molecular flexibility index (Phi) is 8.44. The minimum absolute atomic E-state index is 0.0134. The van der Waals surface area contributed by atoms with Gasteiger partial charge in [0.15, 0.2) is 0 Å². The molecule has 0 fully saturated rings. The Bertz CT molecular complexity index is 704. The zero-order chi connectivity index (χ0) is 22.1. The van der Waals surface area contributed by atoms with E-state index in [9.17, 15) is 19.2 Å². The molecule has 2 aliphatic carbocycles. The summed E-state index contributed by atoms with van der Waals surface area (Å²) in [4.78, 5) is 49.8. The molecule has 0 aromatic heterocycles. The molecule has 31 heavy (non-hydrogen) atoms. The molecule has 3 aliphatic rings. The highest BCUT2D eigenvalue weighted by atomic mass is 16.6. The standard InChI is InChI=1S/C23H28O8/c24-20-16-8-1-3-10-18(16)22(26)30-14-7-15-31-23(27)19-11-4-2-9-17(19)21(25)29-13-6-5-12-28-20/h1-6,16-19H,7-15H2/b6-5+/t16-,17-,18+,19+/m0/s1. The number of hydrogen-bond acceptors (Lipinski definition) is 8. The van der Waals surface area contributed by atoms with E-state index in [1.807, 2.05) is 24.3 Å². The lowest BCUT2D eigenvalue weighted by atomic mass is 9.83. The number of esters is 4. The van der Waals surface area contributed by atoms with Crippen LogP contribution in [0.15, 0.2) is 36.5 Å². The van der Waals surface area contributed by atoms with E-state index in [-0.39, 0.29) is 26.4 Å². The van der Waals surface area contributed by atoms with Crippen molar-refractivity contribution in [3.8, 4) is 0 Å². The minimum atomic E-state index is -0.598. The summed E-state index contributed by atoms with van der Waals surface area (Å²) in [7, 11) is 0. The Morgan fingerprint density at radius 3 is 1.16 bits per heavy atom.